The highest BCUT2D eigenvalue weighted by Gasteiger charge is 2.34. The number of amides is 3. The number of fused-ring (bicyclic) bond motifs is 2. The van der Waals surface area contributed by atoms with Gasteiger partial charge in [0, 0.05) is 125 Å². The highest BCUT2D eigenvalue weighted by molar-refractivity contribution is 5.76. The number of nitrogens with one attached hydrogen (secondary N) is 1. The molecule has 17 heteroatoms. The van der Waals surface area contributed by atoms with Crippen LogP contribution >= 0.6 is 0 Å². The Hall–Kier alpha value is -5.16. The Balaban J connectivity index is 0.000000227. The number of carbonyl (C=O) groups excluding carboxylic acids is 2. The number of hydrogen-bond donors (Lipinski definition) is 1. The third-order valence-electron chi connectivity index (χ3n) is 12.6. The summed E-state index contributed by atoms with van der Waals surface area (Å²) >= 11 is 0. The monoisotopic (exact) mass is 912 g/mol. The Morgan fingerprint density at radius 3 is 1.43 bits per heavy atom. The number of benzene rings is 2. The van der Waals surface area contributed by atoms with Gasteiger partial charge in [0.25, 0.3) is 12.9 Å². The first-order valence-electron chi connectivity index (χ1n) is 23.1. The summed E-state index contributed by atoms with van der Waals surface area (Å²) in [6.07, 6.45) is -0.0550. The number of ether oxygens (including phenoxy) is 2. The molecule has 0 radical (unpaired) electrons. The fraction of sp³-hybridized carbons (Fsp3) is 0.583. The van der Waals surface area contributed by atoms with Gasteiger partial charge in [0.05, 0.1) is 25.2 Å². The molecule has 4 aliphatic heterocycles. The highest BCUT2D eigenvalue weighted by Crippen LogP contribution is 2.39. The van der Waals surface area contributed by atoms with Crippen LogP contribution < -0.4 is 15.1 Å². The zero-order valence-electron chi connectivity index (χ0n) is 39.9. The summed E-state index contributed by atoms with van der Waals surface area (Å²) in [7, 11) is 5.31. The smallest absolute Gasteiger partial charge is 0.317 e. The van der Waals surface area contributed by atoms with Crippen molar-refractivity contribution >= 4 is 34.9 Å². The number of alkyl halides is 4. The minimum Gasteiger partial charge on any atom is -0.381 e. The Kier molecular flexibility index (Phi) is 18.3. The summed E-state index contributed by atoms with van der Waals surface area (Å²) < 4.78 is 69.0. The van der Waals surface area contributed by atoms with Gasteiger partial charge in [0.2, 0.25) is 5.91 Å². The number of urea groups is 1. The molecule has 6 heterocycles. The zero-order chi connectivity index (χ0) is 47.5. The quantitative estimate of drug-likeness (QED) is 0.174. The molecule has 0 saturated carbocycles. The van der Waals surface area contributed by atoms with Crippen molar-refractivity contribution in [1.82, 2.24) is 34.7 Å². The molecule has 0 aliphatic carbocycles. The molecule has 4 aromatic rings. The third-order valence-corrected chi connectivity index (χ3v) is 12.6. The molecule has 1 N–H and O–H groups in total. The van der Waals surface area contributed by atoms with Gasteiger partial charge in [-0.05, 0) is 74.9 Å². The van der Waals surface area contributed by atoms with Crippen molar-refractivity contribution in [2.45, 2.75) is 125 Å². The average molecular weight is 912 g/mol. The number of carbonyl (C=O) groups is 2. The van der Waals surface area contributed by atoms with Gasteiger partial charge in [0.1, 0.15) is 0 Å². The number of halogens is 4. The van der Waals surface area contributed by atoms with Crippen LogP contribution in [-0.4, -0.2) is 102 Å². The number of anilines is 4. The Morgan fingerprint density at radius 2 is 1.06 bits per heavy atom. The van der Waals surface area contributed by atoms with E-state index in [-0.39, 0.29) is 35.1 Å². The number of aromatic nitrogens is 4. The predicted octanol–water partition coefficient (Wildman–Crippen LogP) is 10.2. The van der Waals surface area contributed by atoms with E-state index in [1.165, 1.54) is 12.1 Å². The van der Waals surface area contributed by atoms with E-state index in [2.05, 4.69) is 14.7 Å². The molecule has 0 spiro atoms. The maximum atomic E-state index is 13.5. The lowest BCUT2D eigenvalue weighted by Crippen LogP contribution is -2.41. The molecular weight excluding hydrogens is 843 g/mol. The molecule has 4 aliphatic rings. The minimum absolute atomic E-state index is 0.0223. The van der Waals surface area contributed by atoms with E-state index in [9.17, 15) is 27.2 Å². The molecule has 2 fully saturated rings. The second-order valence-corrected chi connectivity index (χ2v) is 16.3. The zero-order valence-corrected chi connectivity index (χ0v) is 39.9. The van der Waals surface area contributed by atoms with Crippen molar-refractivity contribution in [1.29, 1.82) is 0 Å². The first-order chi connectivity index (χ1) is 31.3. The average Bonchev–Trinajstić information content (AvgIpc) is 3.92. The molecule has 2 saturated heterocycles. The Labute approximate surface area is 382 Å². The fourth-order valence-electron chi connectivity index (χ4n) is 8.85. The van der Waals surface area contributed by atoms with Crippen molar-refractivity contribution in [3.05, 3.63) is 81.2 Å². The molecule has 358 valence electrons. The normalized spacial score (nSPS) is 16.3. The van der Waals surface area contributed by atoms with Gasteiger partial charge in [0.15, 0.2) is 11.6 Å². The summed E-state index contributed by atoms with van der Waals surface area (Å²) in [5, 5.41) is 12.6. The third kappa shape index (κ3) is 11.5. The van der Waals surface area contributed by atoms with Crippen molar-refractivity contribution in [3.63, 3.8) is 0 Å². The van der Waals surface area contributed by atoms with Crippen LogP contribution in [0.5, 0.6) is 0 Å². The van der Waals surface area contributed by atoms with Crippen molar-refractivity contribution < 1.29 is 36.6 Å². The standard InChI is InChI=1S/C22H29F2N5O2.C22H28F2N4O2.2C2H6/c1-14-4-5-16(12-17(14)20(23)24)27(3)21-18-13-28(22(30)25-2)9-6-19(18)29(26-21)15-7-10-31-11-8-15;1-14-4-5-17(12-18(14)21(23)24)26(3)22-19-13-27(15(2)29)9-6-20(19)28(25-22)16-7-10-30-11-8-16;2*1-2/h4-5,12,15,20H,6-11,13H2,1-3H3,(H,25,30);4-5,12,16,21H,6-11,13H2,1-3H3;2*1-2H3. The number of hydrogen-bond acceptors (Lipinski definition) is 8. The molecule has 8 rings (SSSR count). The minimum atomic E-state index is -2.54. The van der Waals surface area contributed by atoms with E-state index in [0.29, 0.717) is 87.3 Å². The first-order valence-corrected chi connectivity index (χ1v) is 23.1. The van der Waals surface area contributed by atoms with Gasteiger partial charge in [-0.25, -0.2) is 22.4 Å². The van der Waals surface area contributed by atoms with Crippen molar-refractivity contribution in [2.75, 3.05) is 70.5 Å². The first kappa shape index (κ1) is 50.8. The van der Waals surface area contributed by atoms with Crippen LogP contribution in [0.15, 0.2) is 36.4 Å². The topological polar surface area (TPSA) is 113 Å². The Morgan fingerprint density at radius 1 is 0.677 bits per heavy atom. The van der Waals surface area contributed by atoms with Gasteiger partial charge in [-0.15, -0.1) is 0 Å². The molecule has 0 bridgehead atoms. The second-order valence-electron chi connectivity index (χ2n) is 16.3. The summed E-state index contributed by atoms with van der Waals surface area (Å²) in [5.41, 5.74) is 6.74. The molecule has 13 nitrogen and oxygen atoms in total. The van der Waals surface area contributed by atoms with Crippen molar-refractivity contribution in [2.24, 2.45) is 0 Å². The summed E-state index contributed by atoms with van der Waals surface area (Å²) in [4.78, 5) is 31.6. The Bertz CT molecular complexity index is 2200. The predicted molar refractivity (Wildman–Crippen MR) is 247 cm³/mol. The van der Waals surface area contributed by atoms with Gasteiger partial charge in [-0.1, -0.05) is 39.8 Å². The highest BCUT2D eigenvalue weighted by atomic mass is 19.3. The lowest BCUT2D eigenvalue weighted by Gasteiger charge is -2.30. The van der Waals surface area contributed by atoms with Crippen LogP contribution in [0, 0.1) is 13.8 Å². The van der Waals surface area contributed by atoms with E-state index in [0.717, 1.165) is 60.4 Å². The molecule has 0 unspecified atom stereocenters. The van der Waals surface area contributed by atoms with Crippen LogP contribution in [0.25, 0.3) is 0 Å². The van der Waals surface area contributed by atoms with E-state index >= 15 is 0 Å². The van der Waals surface area contributed by atoms with Gasteiger partial charge >= 0.3 is 6.03 Å². The SMILES string of the molecule is CC.CC.CC(=O)N1CCc2c(c(N(C)c3ccc(C)c(C(F)F)c3)nn2C2CCOCC2)C1.CNC(=O)N1CCc2c(c(N(C)c3ccc(C)c(C(F)F)c3)nn2C2CCOCC2)C1. The van der Waals surface area contributed by atoms with Gasteiger partial charge in [-0.2, -0.15) is 10.2 Å². The number of rotatable bonds is 8. The van der Waals surface area contributed by atoms with Crippen LogP contribution in [-0.2, 0) is 40.2 Å². The number of nitrogens with zero attached hydrogens (tertiary/aromatic N) is 8. The largest absolute Gasteiger partial charge is 0.381 e. The van der Waals surface area contributed by atoms with Crippen LogP contribution in [0.1, 0.15) is 130 Å². The molecule has 3 amide bonds. The molecule has 65 heavy (non-hydrogen) atoms. The molecule has 0 atom stereocenters. The molecular formula is C48H69F4N9O4. The van der Waals surface area contributed by atoms with Crippen LogP contribution in [0.4, 0.5) is 45.4 Å². The molecule has 2 aromatic carbocycles. The van der Waals surface area contributed by atoms with Gasteiger partial charge < -0.3 is 34.4 Å². The second kappa shape index (κ2) is 23.3. The van der Waals surface area contributed by atoms with Crippen molar-refractivity contribution in [3.8, 4) is 0 Å². The lowest BCUT2D eigenvalue weighted by atomic mass is 10.0. The van der Waals surface area contributed by atoms with E-state index in [1.54, 1.807) is 44.9 Å². The lowest BCUT2D eigenvalue weighted by molar-refractivity contribution is -0.129. The van der Waals surface area contributed by atoms with E-state index in [4.69, 9.17) is 19.7 Å². The maximum Gasteiger partial charge on any atom is 0.317 e. The maximum absolute atomic E-state index is 13.5. The molecule has 2 aromatic heterocycles. The van der Waals surface area contributed by atoms with Gasteiger partial charge in [-0.3, -0.25) is 14.2 Å². The summed E-state index contributed by atoms with van der Waals surface area (Å²) in [6.45, 7) is 18.0. The van der Waals surface area contributed by atoms with E-state index in [1.807, 2.05) is 68.6 Å². The van der Waals surface area contributed by atoms with Crippen LogP contribution in [0.3, 0.4) is 0 Å². The van der Waals surface area contributed by atoms with Crippen LogP contribution in [0.2, 0.25) is 0 Å². The van der Waals surface area contributed by atoms with E-state index < -0.39 is 12.9 Å². The summed E-state index contributed by atoms with van der Waals surface area (Å²) in [6, 6.07) is 10.5. The summed E-state index contributed by atoms with van der Waals surface area (Å²) in [5.74, 6) is 1.47. The number of aryl methyl sites for hydroxylation is 2. The fourth-order valence-corrected chi connectivity index (χ4v) is 8.85.